The van der Waals surface area contributed by atoms with E-state index in [1.807, 2.05) is 13.8 Å². The predicted octanol–water partition coefficient (Wildman–Crippen LogP) is 3.14. The Bertz CT molecular complexity index is 479. The molecule has 2 aromatic rings. The fourth-order valence-electron chi connectivity index (χ4n) is 1.24. The first-order chi connectivity index (χ1) is 7.59. The van der Waals surface area contributed by atoms with Crippen LogP contribution in [0.5, 0.6) is 0 Å². The highest BCUT2D eigenvalue weighted by Crippen LogP contribution is 2.20. The predicted molar refractivity (Wildman–Crippen MR) is 54.0 cm³/mol. The molecule has 0 aliphatic carbocycles. The minimum Gasteiger partial charge on any atom is -0.231 e. The van der Waals surface area contributed by atoms with E-state index in [0.29, 0.717) is 5.69 Å². The Morgan fingerprint density at radius 1 is 1.31 bits per heavy atom. The van der Waals surface area contributed by atoms with Gasteiger partial charge in [-0.2, -0.15) is 5.10 Å². The Labute approximate surface area is 90.9 Å². The van der Waals surface area contributed by atoms with Gasteiger partial charge in [-0.3, -0.25) is 0 Å². The Morgan fingerprint density at radius 2 is 1.94 bits per heavy atom. The Hall–Kier alpha value is -1.59. The maximum Gasteiger partial charge on any atom is 0.280 e. The first-order valence-corrected chi connectivity index (χ1v) is 4.88. The lowest BCUT2D eigenvalue weighted by atomic mass is 10.3. The fourth-order valence-corrected chi connectivity index (χ4v) is 1.24. The number of hydrogen-bond donors (Lipinski definition) is 0. The molecule has 3 nitrogen and oxygen atoms in total. The lowest BCUT2D eigenvalue weighted by molar-refractivity contribution is 0.143. The molecule has 0 aliphatic heterocycles. The van der Waals surface area contributed by atoms with Crippen molar-refractivity contribution >= 4 is 5.65 Å². The lowest BCUT2D eigenvalue weighted by Gasteiger charge is -2.03. The summed E-state index contributed by atoms with van der Waals surface area (Å²) in [4.78, 5) is 3.77. The van der Waals surface area contributed by atoms with Gasteiger partial charge in [-0.05, 0) is 13.0 Å². The third-order valence-electron chi connectivity index (χ3n) is 1.81. The van der Waals surface area contributed by atoms with Crippen LogP contribution < -0.4 is 0 Å². The van der Waals surface area contributed by atoms with Crippen molar-refractivity contribution in [3.63, 3.8) is 0 Å². The molecule has 6 heteroatoms. The third kappa shape index (κ3) is 2.15. The van der Waals surface area contributed by atoms with Crippen molar-refractivity contribution in [2.75, 3.05) is 0 Å². The van der Waals surface area contributed by atoms with Crippen LogP contribution in [-0.4, -0.2) is 14.6 Å². The van der Waals surface area contributed by atoms with Crippen molar-refractivity contribution in [3.05, 3.63) is 29.5 Å². The molecule has 0 aromatic carbocycles. The van der Waals surface area contributed by atoms with Gasteiger partial charge in [-0.1, -0.05) is 13.8 Å². The number of aryl methyl sites for hydroxylation is 1. The molecular formula is C10H12F3N3. The molecule has 0 unspecified atom stereocenters. The Morgan fingerprint density at radius 3 is 2.50 bits per heavy atom. The second kappa shape index (κ2) is 4.96. The highest BCUT2D eigenvalue weighted by Gasteiger charge is 2.16. The molecule has 88 valence electrons. The number of fused-ring (bicyclic) bond motifs is 1. The average molecular weight is 231 g/mol. The monoisotopic (exact) mass is 231 g/mol. The highest BCUT2D eigenvalue weighted by atomic mass is 19.3. The minimum absolute atomic E-state index is 0.166. The topological polar surface area (TPSA) is 30.2 Å². The molecule has 16 heavy (non-hydrogen) atoms. The number of rotatable bonds is 1. The fraction of sp³-hybridized carbons (Fsp3) is 0.400. The van der Waals surface area contributed by atoms with Crippen molar-refractivity contribution in [1.29, 1.82) is 0 Å². The van der Waals surface area contributed by atoms with Gasteiger partial charge in [0.25, 0.3) is 6.43 Å². The molecule has 0 fully saturated rings. The smallest absolute Gasteiger partial charge is 0.231 e. The second-order valence-corrected chi connectivity index (χ2v) is 2.85. The number of hydrogen-bond acceptors (Lipinski definition) is 2. The van der Waals surface area contributed by atoms with E-state index in [2.05, 4.69) is 10.1 Å². The van der Waals surface area contributed by atoms with Crippen LogP contribution in [0.1, 0.15) is 31.7 Å². The molecule has 2 aromatic heterocycles. The molecule has 2 rings (SSSR count). The first kappa shape index (κ1) is 12.5. The zero-order valence-electron chi connectivity index (χ0n) is 9.21. The van der Waals surface area contributed by atoms with Crippen LogP contribution in [0.4, 0.5) is 13.2 Å². The molecule has 0 saturated heterocycles. The standard InChI is InChI=1S/C8H6F3N3.C2H6/c1-4-2-6(7(10)11)14-8(13-4)5(9)3-12-14;1-2/h2-3,7H,1H3;1-2H3. The van der Waals surface area contributed by atoms with Crippen LogP contribution in [0, 0.1) is 12.7 Å². The summed E-state index contributed by atoms with van der Waals surface area (Å²) in [6.07, 6.45) is -1.83. The van der Waals surface area contributed by atoms with E-state index in [1.165, 1.54) is 13.0 Å². The largest absolute Gasteiger partial charge is 0.280 e. The maximum absolute atomic E-state index is 13.0. The molecule has 0 saturated carbocycles. The van der Waals surface area contributed by atoms with Gasteiger partial charge in [-0.15, -0.1) is 0 Å². The van der Waals surface area contributed by atoms with Crippen molar-refractivity contribution in [2.24, 2.45) is 0 Å². The average Bonchev–Trinajstić information content (AvgIpc) is 2.62. The van der Waals surface area contributed by atoms with E-state index in [0.717, 1.165) is 10.7 Å². The summed E-state index contributed by atoms with van der Waals surface area (Å²) in [6, 6.07) is 1.18. The van der Waals surface area contributed by atoms with E-state index in [1.54, 1.807) is 0 Å². The first-order valence-electron chi connectivity index (χ1n) is 4.88. The van der Waals surface area contributed by atoms with Crippen LogP contribution in [-0.2, 0) is 0 Å². The number of halogens is 3. The molecule has 2 heterocycles. The number of aromatic nitrogens is 3. The van der Waals surface area contributed by atoms with E-state index in [9.17, 15) is 13.2 Å². The summed E-state index contributed by atoms with van der Waals surface area (Å²) in [5.41, 5.74) is -0.177. The quantitative estimate of drug-likeness (QED) is 0.754. The van der Waals surface area contributed by atoms with Crippen LogP contribution in [0.25, 0.3) is 5.65 Å². The SMILES string of the molecule is CC.Cc1cc(C(F)F)n2ncc(F)c2n1. The van der Waals surface area contributed by atoms with Gasteiger partial charge >= 0.3 is 0 Å². The summed E-state index contributed by atoms with van der Waals surface area (Å²) >= 11 is 0. The molecular weight excluding hydrogens is 219 g/mol. The van der Waals surface area contributed by atoms with Crippen molar-refractivity contribution in [3.8, 4) is 0 Å². The zero-order chi connectivity index (χ0) is 12.3. The zero-order valence-corrected chi connectivity index (χ0v) is 9.21. The molecule has 0 atom stereocenters. The summed E-state index contributed by atoms with van der Waals surface area (Å²) in [7, 11) is 0. The van der Waals surface area contributed by atoms with Crippen molar-refractivity contribution < 1.29 is 13.2 Å². The Balaban J connectivity index is 0.000000606. The second-order valence-electron chi connectivity index (χ2n) is 2.85. The Kier molecular flexibility index (Phi) is 3.87. The van der Waals surface area contributed by atoms with Crippen molar-refractivity contribution in [2.45, 2.75) is 27.2 Å². The molecule has 0 bridgehead atoms. The van der Waals surface area contributed by atoms with E-state index >= 15 is 0 Å². The number of alkyl halides is 2. The van der Waals surface area contributed by atoms with Gasteiger partial charge in [0, 0.05) is 5.69 Å². The van der Waals surface area contributed by atoms with E-state index in [-0.39, 0.29) is 11.3 Å². The summed E-state index contributed by atoms with van der Waals surface area (Å²) in [6.45, 7) is 5.53. The summed E-state index contributed by atoms with van der Waals surface area (Å²) < 4.78 is 38.7. The van der Waals surface area contributed by atoms with Crippen LogP contribution >= 0.6 is 0 Å². The molecule has 0 aliphatic rings. The maximum atomic E-state index is 13.0. The molecule has 0 amide bonds. The van der Waals surface area contributed by atoms with Gasteiger partial charge < -0.3 is 0 Å². The lowest BCUT2D eigenvalue weighted by Crippen LogP contribution is -2.02. The van der Waals surface area contributed by atoms with Crippen LogP contribution in [0.15, 0.2) is 12.3 Å². The van der Waals surface area contributed by atoms with E-state index < -0.39 is 12.2 Å². The van der Waals surface area contributed by atoms with Crippen LogP contribution in [0.2, 0.25) is 0 Å². The summed E-state index contributed by atoms with van der Waals surface area (Å²) in [5.74, 6) is -0.699. The van der Waals surface area contributed by atoms with Crippen molar-refractivity contribution in [1.82, 2.24) is 14.6 Å². The highest BCUT2D eigenvalue weighted by molar-refractivity contribution is 5.40. The van der Waals surface area contributed by atoms with Gasteiger partial charge in [0.1, 0.15) is 5.69 Å². The van der Waals surface area contributed by atoms with Gasteiger partial charge in [0.15, 0.2) is 11.5 Å². The van der Waals surface area contributed by atoms with Gasteiger partial charge in [0.05, 0.1) is 6.20 Å². The summed E-state index contributed by atoms with van der Waals surface area (Å²) in [5, 5.41) is 3.48. The van der Waals surface area contributed by atoms with Gasteiger partial charge in [-0.25, -0.2) is 22.7 Å². The van der Waals surface area contributed by atoms with Crippen LogP contribution in [0.3, 0.4) is 0 Å². The van der Waals surface area contributed by atoms with E-state index in [4.69, 9.17) is 0 Å². The van der Waals surface area contributed by atoms with Gasteiger partial charge in [0.2, 0.25) is 0 Å². The third-order valence-corrected chi connectivity index (χ3v) is 1.81. The molecule has 0 spiro atoms. The molecule has 0 radical (unpaired) electrons. The molecule has 0 N–H and O–H groups in total. The minimum atomic E-state index is -2.70. The number of nitrogens with zero attached hydrogens (tertiary/aromatic N) is 3. The normalized spacial score (nSPS) is 10.4.